The minimum atomic E-state index is 0.611. The van der Waals surface area contributed by atoms with Gasteiger partial charge in [0.2, 0.25) is 0 Å². The van der Waals surface area contributed by atoms with Crippen LogP contribution in [0.5, 0.6) is 0 Å². The zero-order valence-corrected chi connectivity index (χ0v) is 19.9. The monoisotopic (exact) mass is 504 g/mol. The normalized spacial score (nSPS) is 20.0. The third-order valence-corrected chi connectivity index (χ3v) is 14.3. The molecule has 2 aromatic carbocycles. The Morgan fingerprint density at radius 3 is 1.43 bits per heavy atom. The summed E-state index contributed by atoms with van der Waals surface area (Å²) in [5, 5.41) is 0. The standard InChI is InChI=1S/C24H28N2Se2/c1-5-17-9-11-21(19-7-3-15-25(13-1)23(17)19)27-28-22-12-10-18-6-2-14-26-16-4-8-20(22)24(18)26/h9-12H,1-8,13-16H2. The predicted molar refractivity (Wildman–Crippen MR) is 121 cm³/mol. The topological polar surface area (TPSA) is 6.48 Å². The van der Waals surface area contributed by atoms with Gasteiger partial charge in [-0.2, -0.15) is 0 Å². The third-order valence-electron chi connectivity index (χ3n) is 6.96. The van der Waals surface area contributed by atoms with Crippen molar-refractivity contribution in [2.75, 3.05) is 36.0 Å². The van der Waals surface area contributed by atoms with Crippen molar-refractivity contribution in [2.45, 2.75) is 51.4 Å². The molecule has 4 aliphatic rings. The van der Waals surface area contributed by atoms with Gasteiger partial charge in [0, 0.05) is 0 Å². The molecule has 4 aliphatic heterocycles. The SMILES string of the molecule is c1cc([Se][Se]c2ccc3c4c2CCCN4CCC3)c2c3c1CCCN3CCC2. The van der Waals surface area contributed by atoms with Crippen molar-refractivity contribution < 1.29 is 0 Å². The molecule has 0 unspecified atom stereocenters. The molecule has 0 N–H and O–H groups in total. The summed E-state index contributed by atoms with van der Waals surface area (Å²) in [5.41, 5.74) is 10.0. The van der Waals surface area contributed by atoms with E-state index in [1.807, 2.05) is 0 Å². The van der Waals surface area contributed by atoms with Gasteiger partial charge in [-0.1, -0.05) is 0 Å². The van der Waals surface area contributed by atoms with Crippen LogP contribution in [-0.4, -0.2) is 52.4 Å². The van der Waals surface area contributed by atoms with Crippen molar-refractivity contribution in [3.05, 3.63) is 46.5 Å². The van der Waals surface area contributed by atoms with Gasteiger partial charge in [0.05, 0.1) is 0 Å². The summed E-state index contributed by atoms with van der Waals surface area (Å²) in [6.07, 6.45) is 10.6. The van der Waals surface area contributed by atoms with Crippen molar-refractivity contribution >= 4 is 46.6 Å². The van der Waals surface area contributed by atoms with Crippen molar-refractivity contribution in [2.24, 2.45) is 0 Å². The second-order valence-electron chi connectivity index (χ2n) is 8.65. The van der Waals surface area contributed by atoms with Crippen LogP contribution in [0.3, 0.4) is 0 Å². The molecule has 0 fully saturated rings. The summed E-state index contributed by atoms with van der Waals surface area (Å²) < 4.78 is 3.44. The van der Waals surface area contributed by atoms with E-state index in [-0.39, 0.29) is 0 Å². The van der Waals surface area contributed by atoms with E-state index in [9.17, 15) is 0 Å². The Labute approximate surface area is 179 Å². The molecule has 0 bridgehead atoms. The molecule has 0 spiro atoms. The fourth-order valence-electron chi connectivity index (χ4n) is 5.74. The first-order valence-corrected chi connectivity index (χ1v) is 17.1. The molecule has 0 atom stereocenters. The molecule has 0 saturated carbocycles. The quantitative estimate of drug-likeness (QED) is 0.595. The van der Waals surface area contributed by atoms with Gasteiger partial charge in [0.1, 0.15) is 0 Å². The molecule has 2 nitrogen and oxygen atoms in total. The predicted octanol–water partition coefficient (Wildman–Crippen LogP) is 2.36. The molecule has 0 saturated heterocycles. The van der Waals surface area contributed by atoms with Gasteiger partial charge in [-0.3, -0.25) is 0 Å². The van der Waals surface area contributed by atoms with E-state index in [1.165, 1.54) is 77.5 Å². The summed E-state index contributed by atoms with van der Waals surface area (Å²) in [4.78, 5) is 5.40. The summed E-state index contributed by atoms with van der Waals surface area (Å²) in [6.45, 7) is 5.14. The Balaban J connectivity index is 1.32. The van der Waals surface area contributed by atoms with E-state index in [1.54, 1.807) is 42.6 Å². The summed E-state index contributed by atoms with van der Waals surface area (Å²) >= 11 is 1.22. The fraction of sp³-hybridized carbons (Fsp3) is 0.500. The molecule has 2 aromatic rings. The molecule has 4 heterocycles. The van der Waals surface area contributed by atoms with Crippen molar-refractivity contribution in [3.63, 3.8) is 0 Å². The molecular weight excluding hydrogens is 474 g/mol. The number of hydrogen-bond donors (Lipinski definition) is 0. The molecule has 4 heteroatoms. The zero-order chi connectivity index (χ0) is 18.5. The molecule has 0 amide bonds. The molecule has 0 aromatic heterocycles. The number of nitrogens with zero attached hydrogens (tertiary/aromatic N) is 2. The third kappa shape index (κ3) is 2.96. The van der Waals surface area contributed by atoms with Gasteiger partial charge < -0.3 is 0 Å². The number of benzene rings is 2. The van der Waals surface area contributed by atoms with Gasteiger partial charge in [-0.15, -0.1) is 0 Å². The van der Waals surface area contributed by atoms with E-state index in [4.69, 9.17) is 0 Å². The van der Waals surface area contributed by atoms with Crippen LogP contribution in [0.15, 0.2) is 24.3 Å². The summed E-state index contributed by atoms with van der Waals surface area (Å²) in [7, 11) is 0. The average molecular weight is 502 g/mol. The maximum absolute atomic E-state index is 2.70. The van der Waals surface area contributed by atoms with E-state index < -0.39 is 0 Å². The van der Waals surface area contributed by atoms with Crippen LogP contribution in [-0.2, 0) is 25.7 Å². The van der Waals surface area contributed by atoms with Crippen LogP contribution in [0.1, 0.15) is 47.9 Å². The Morgan fingerprint density at radius 1 is 0.536 bits per heavy atom. The Bertz CT molecular complexity index is 844. The first-order chi connectivity index (χ1) is 13.9. The summed E-state index contributed by atoms with van der Waals surface area (Å²) in [6, 6.07) is 9.98. The van der Waals surface area contributed by atoms with Gasteiger partial charge in [-0.05, 0) is 0 Å². The first kappa shape index (κ1) is 17.9. The molecule has 146 valence electrons. The van der Waals surface area contributed by atoms with E-state index >= 15 is 0 Å². The van der Waals surface area contributed by atoms with Crippen LogP contribution in [0.25, 0.3) is 0 Å². The van der Waals surface area contributed by atoms with Crippen LogP contribution >= 0.6 is 0 Å². The Hall–Kier alpha value is -0.921. The van der Waals surface area contributed by atoms with Gasteiger partial charge in [0.25, 0.3) is 0 Å². The van der Waals surface area contributed by atoms with Crippen LogP contribution in [0.2, 0.25) is 0 Å². The minimum absolute atomic E-state index is 0.611. The molecule has 6 rings (SSSR count). The van der Waals surface area contributed by atoms with Gasteiger partial charge >= 0.3 is 180 Å². The summed E-state index contributed by atoms with van der Waals surface area (Å²) in [5.74, 6) is 0. The van der Waals surface area contributed by atoms with Crippen molar-refractivity contribution in [3.8, 4) is 0 Å². The zero-order valence-electron chi connectivity index (χ0n) is 16.5. The average Bonchev–Trinajstić information content (AvgIpc) is 2.75. The van der Waals surface area contributed by atoms with Gasteiger partial charge in [0.15, 0.2) is 0 Å². The number of aryl methyl sites for hydroxylation is 2. The van der Waals surface area contributed by atoms with Crippen molar-refractivity contribution in [1.29, 1.82) is 0 Å². The van der Waals surface area contributed by atoms with E-state index in [0.717, 1.165) is 0 Å². The second-order valence-corrected chi connectivity index (χ2v) is 14.8. The van der Waals surface area contributed by atoms with Crippen LogP contribution < -0.4 is 18.7 Å². The Morgan fingerprint density at radius 2 is 0.964 bits per heavy atom. The molecule has 0 aliphatic carbocycles. The Kier molecular flexibility index (Phi) is 4.73. The van der Waals surface area contributed by atoms with Crippen LogP contribution in [0, 0.1) is 0 Å². The van der Waals surface area contributed by atoms with E-state index in [0.29, 0.717) is 26.3 Å². The molecule has 0 radical (unpaired) electrons. The maximum atomic E-state index is 2.70. The number of rotatable bonds is 3. The molecule has 28 heavy (non-hydrogen) atoms. The van der Waals surface area contributed by atoms with E-state index in [2.05, 4.69) is 34.1 Å². The van der Waals surface area contributed by atoms with Crippen molar-refractivity contribution in [1.82, 2.24) is 0 Å². The van der Waals surface area contributed by atoms with Crippen LogP contribution in [0.4, 0.5) is 11.4 Å². The number of hydrogen-bond acceptors (Lipinski definition) is 2. The van der Waals surface area contributed by atoms with Gasteiger partial charge in [-0.25, -0.2) is 0 Å². The first-order valence-electron chi connectivity index (χ1n) is 11.0. The molecular formula is C24H28N2Se2. The second kappa shape index (κ2) is 7.40. The fourth-order valence-corrected chi connectivity index (χ4v) is 13.3. The number of anilines is 2.